The molecule has 6 heteroatoms. The number of aromatic amines is 1. The summed E-state index contributed by atoms with van der Waals surface area (Å²) in [6.07, 6.45) is 2.89. The third-order valence-electron chi connectivity index (χ3n) is 5.87. The number of hydrogen-bond acceptors (Lipinski definition) is 3. The molecule has 0 bridgehead atoms. The van der Waals surface area contributed by atoms with E-state index in [1.165, 1.54) is 19.9 Å². The molecule has 1 aromatic heterocycles. The summed E-state index contributed by atoms with van der Waals surface area (Å²) in [6, 6.07) is 20.4. The van der Waals surface area contributed by atoms with E-state index in [1.54, 1.807) is 14.2 Å². The van der Waals surface area contributed by atoms with Crippen LogP contribution in [0.3, 0.4) is 0 Å². The monoisotopic (exact) mass is 492 g/mol. The summed E-state index contributed by atoms with van der Waals surface area (Å²) in [5.41, 5.74) is 4.22. The van der Waals surface area contributed by atoms with Crippen LogP contribution in [-0.2, 0) is 13.0 Å². The van der Waals surface area contributed by atoms with Crippen LogP contribution in [0.1, 0.15) is 21.5 Å². The number of ether oxygens (including phenoxy) is 2. The molecule has 0 unspecified atom stereocenters. The molecule has 2 heterocycles. The van der Waals surface area contributed by atoms with E-state index >= 15 is 0 Å². The van der Waals surface area contributed by atoms with Gasteiger partial charge in [0.1, 0.15) is 0 Å². The molecule has 4 aromatic rings. The van der Waals surface area contributed by atoms with Gasteiger partial charge in [0.15, 0.2) is 0 Å². The number of hydrogen-bond donors (Lipinski definition) is 1. The number of fused-ring (bicyclic) bond motifs is 2. The number of carbonyl (C=O) groups is 1. The van der Waals surface area contributed by atoms with Gasteiger partial charge in [0.25, 0.3) is 0 Å². The van der Waals surface area contributed by atoms with Crippen LogP contribution in [0.25, 0.3) is 10.9 Å². The van der Waals surface area contributed by atoms with E-state index in [0.717, 1.165) is 28.8 Å². The zero-order valence-corrected chi connectivity index (χ0v) is 19.8. The SMILES string of the molecule is COc1cc2c(cc1OC)CN(C(=O)c1cccc([Se]c3c[nH]c4ccccc34)c1)CC2. The molecule has 0 atom stereocenters. The number of amides is 1. The minimum absolute atomic E-state index is 0.0713. The molecule has 5 rings (SSSR count). The molecule has 0 aliphatic carbocycles. The van der Waals surface area contributed by atoms with Gasteiger partial charge in [0.05, 0.1) is 0 Å². The van der Waals surface area contributed by atoms with E-state index in [1.807, 2.05) is 41.3 Å². The maximum atomic E-state index is 13.3. The van der Waals surface area contributed by atoms with Crippen molar-refractivity contribution < 1.29 is 14.3 Å². The van der Waals surface area contributed by atoms with Gasteiger partial charge in [-0.3, -0.25) is 0 Å². The summed E-state index contributed by atoms with van der Waals surface area (Å²) in [4.78, 5) is 18.6. The molecule has 1 amide bonds. The van der Waals surface area contributed by atoms with E-state index < -0.39 is 0 Å². The van der Waals surface area contributed by atoms with Crippen LogP contribution in [0.5, 0.6) is 11.5 Å². The van der Waals surface area contributed by atoms with Crippen molar-refractivity contribution in [1.82, 2.24) is 9.88 Å². The number of methoxy groups -OCH3 is 2. The molecule has 32 heavy (non-hydrogen) atoms. The van der Waals surface area contributed by atoms with Gasteiger partial charge in [0.2, 0.25) is 0 Å². The molecule has 0 radical (unpaired) electrons. The first-order chi connectivity index (χ1) is 15.7. The third kappa shape index (κ3) is 3.88. The Morgan fingerprint density at radius 2 is 1.75 bits per heavy atom. The van der Waals surface area contributed by atoms with Crippen LogP contribution in [0.15, 0.2) is 66.9 Å². The second kappa shape index (κ2) is 8.73. The van der Waals surface area contributed by atoms with Crippen molar-refractivity contribution in [2.24, 2.45) is 0 Å². The average Bonchev–Trinajstić information content (AvgIpc) is 3.25. The molecular formula is C26H24N2O3Se. The molecule has 0 saturated heterocycles. The van der Waals surface area contributed by atoms with Gasteiger partial charge in [-0.25, -0.2) is 0 Å². The second-order valence-electron chi connectivity index (χ2n) is 7.78. The Morgan fingerprint density at radius 3 is 2.56 bits per heavy atom. The van der Waals surface area contributed by atoms with E-state index in [4.69, 9.17) is 9.47 Å². The molecule has 0 saturated carbocycles. The Balaban J connectivity index is 1.36. The molecule has 5 nitrogen and oxygen atoms in total. The van der Waals surface area contributed by atoms with Crippen molar-refractivity contribution >= 4 is 40.7 Å². The fraction of sp³-hybridized carbons (Fsp3) is 0.192. The normalized spacial score (nSPS) is 13.1. The van der Waals surface area contributed by atoms with Crippen LogP contribution >= 0.6 is 0 Å². The first-order valence-corrected chi connectivity index (χ1v) is 12.2. The van der Waals surface area contributed by atoms with Crippen LogP contribution in [0.4, 0.5) is 0 Å². The van der Waals surface area contributed by atoms with Gasteiger partial charge >= 0.3 is 194 Å². The first-order valence-electron chi connectivity index (χ1n) is 10.5. The van der Waals surface area contributed by atoms with Crippen molar-refractivity contribution in [1.29, 1.82) is 0 Å². The Labute approximate surface area is 193 Å². The Hall–Kier alpha value is -3.21. The second-order valence-corrected chi connectivity index (χ2v) is 10.1. The first kappa shape index (κ1) is 20.7. The van der Waals surface area contributed by atoms with Gasteiger partial charge in [-0.05, 0) is 0 Å². The van der Waals surface area contributed by atoms with Gasteiger partial charge in [-0.2, -0.15) is 0 Å². The van der Waals surface area contributed by atoms with E-state index in [0.29, 0.717) is 18.8 Å². The van der Waals surface area contributed by atoms with E-state index in [-0.39, 0.29) is 20.9 Å². The molecule has 162 valence electrons. The van der Waals surface area contributed by atoms with Gasteiger partial charge in [-0.1, -0.05) is 0 Å². The molecule has 1 N–H and O–H groups in total. The number of nitrogens with zero attached hydrogens (tertiary/aromatic N) is 1. The average molecular weight is 491 g/mol. The van der Waals surface area contributed by atoms with E-state index in [2.05, 4.69) is 35.4 Å². The molecule has 1 aliphatic rings. The summed E-state index contributed by atoms with van der Waals surface area (Å²) >= 11 is 0.119. The third-order valence-corrected chi connectivity index (χ3v) is 8.06. The summed E-state index contributed by atoms with van der Waals surface area (Å²) in [5, 5.41) is 1.25. The zero-order chi connectivity index (χ0) is 22.1. The number of nitrogens with one attached hydrogen (secondary N) is 1. The van der Waals surface area contributed by atoms with E-state index in [9.17, 15) is 4.79 Å². The zero-order valence-electron chi connectivity index (χ0n) is 18.1. The fourth-order valence-corrected chi connectivity index (χ4v) is 6.27. The van der Waals surface area contributed by atoms with Crippen molar-refractivity contribution in [3.8, 4) is 11.5 Å². The summed E-state index contributed by atoms with van der Waals surface area (Å²) in [7, 11) is 3.28. The van der Waals surface area contributed by atoms with Gasteiger partial charge in [0, 0.05) is 0 Å². The van der Waals surface area contributed by atoms with Crippen molar-refractivity contribution in [2.45, 2.75) is 13.0 Å². The molecule has 0 fully saturated rings. The number of benzene rings is 3. The molecule has 3 aromatic carbocycles. The number of carbonyl (C=O) groups excluding carboxylic acids is 1. The van der Waals surface area contributed by atoms with Crippen LogP contribution in [-0.4, -0.2) is 51.5 Å². The molecular weight excluding hydrogens is 467 g/mol. The quantitative estimate of drug-likeness (QED) is 0.437. The maximum absolute atomic E-state index is 13.3. The van der Waals surface area contributed by atoms with Gasteiger partial charge in [-0.15, -0.1) is 0 Å². The Bertz CT molecular complexity index is 1300. The van der Waals surface area contributed by atoms with Crippen LogP contribution in [0, 0.1) is 0 Å². The topological polar surface area (TPSA) is 54.6 Å². The molecule has 1 aliphatic heterocycles. The Kier molecular flexibility index (Phi) is 5.64. The van der Waals surface area contributed by atoms with Crippen LogP contribution < -0.4 is 18.4 Å². The Morgan fingerprint density at radius 1 is 0.969 bits per heavy atom. The predicted octanol–water partition coefficient (Wildman–Crippen LogP) is 3.04. The summed E-state index contributed by atoms with van der Waals surface area (Å²) < 4.78 is 13.4. The summed E-state index contributed by atoms with van der Waals surface area (Å²) in [6.45, 7) is 1.27. The minimum atomic E-state index is 0.0713. The number of aromatic nitrogens is 1. The number of para-hydroxylation sites is 1. The predicted molar refractivity (Wildman–Crippen MR) is 128 cm³/mol. The van der Waals surface area contributed by atoms with Crippen molar-refractivity contribution in [2.75, 3.05) is 20.8 Å². The van der Waals surface area contributed by atoms with Crippen molar-refractivity contribution in [3.63, 3.8) is 0 Å². The fourth-order valence-electron chi connectivity index (χ4n) is 4.19. The van der Waals surface area contributed by atoms with Crippen molar-refractivity contribution in [3.05, 3.63) is 83.6 Å². The number of rotatable bonds is 5. The number of H-pyrrole nitrogens is 1. The standard InChI is InChI=1S/C26H24N2O3Se/c1-30-23-13-17-10-11-28(16-19(17)14-24(23)31-2)26(29)18-6-5-7-20(12-18)32-25-15-27-22-9-4-3-8-21(22)25/h3-9,12-15,27H,10-11,16H2,1-2H3. The van der Waals surface area contributed by atoms with Crippen LogP contribution in [0.2, 0.25) is 0 Å². The van der Waals surface area contributed by atoms with Gasteiger partial charge < -0.3 is 0 Å². The summed E-state index contributed by atoms with van der Waals surface area (Å²) in [5.74, 6) is 1.50. The molecule has 0 spiro atoms.